The molecule has 0 saturated carbocycles. The maximum Gasteiger partial charge on any atom is 0.335 e. The molecule has 148 valence electrons. The molecule has 7 nitrogen and oxygen atoms in total. The molecule has 0 saturated heterocycles. The fourth-order valence-corrected chi connectivity index (χ4v) is 5.02. The van der Waals surface area contributed by atoms with Crippen molar-refractivity contribution in [2.75, 3.05) is 18.5 Å². The number of nitrogens with zero attached hydrogens (tertiary/aromatic N) is 3. The van der Waals surface area contributed by atoms with Crippen LogP contribution in [-0.2, 0) is 19.8 Å². The number of benzene rings is 1. The summed E-state index contributed by atoms with van der Waals surface area (Å²) >= 11 is 1.59. The molecule has 0 aliphatic heterocycles. The Labute approximate surface area is 168 Å². The fraction of sp³-hybridized carbons (Fsp3) is 0.316. The van der Waals surface area contributed by atoms with Gasteiger partial charge in [0.25, 0.3) is 0 Å². The van der Waals surface area contributed by atoms with Gasteiger partial charge in [-0.1, -0.05) is 12.1 Å². The van der Waals surface area contributed by atoms with E-state index < -0.39 is 7.60 Å². The quantitative estimate of drug-likeness (QED) is 0.464. The zero-order chi connectivity index (χ0) is 20.0. The van der Waals surface area contributed by atoms with Crippen LogP contribution in [0, 0.1) is 6.92 Å². The maximum absolute atomic E-state index is 12.6. The minimum absolute atomic E-state index is 0.240. The van der Waals surface area contributed by atoms with Gasteiger partial charge < -0.3 is 14.4 Å². The topological polar surface area (TPSA) is 86.2 Å². The normalized spacial score (nSPS) is 11.5. The summed E-state index contributed by atoms with van der Waals surface area (Å²) in [5, 5.41) is 4.05. The van der Waals surface area contributed by atoms with Gasteiger partial charge in [0, 0.05) is 23.0 Å². The summed E-state index contributed by atoms with van der Waals surface area (Å²) in [6.07, 6.45) is 3.78. The smallest absolute Gasteiger partial charge is 0.324 e. The zero-order valence-corrected chi connectivity index (χ0v) is 17.8. The first-order valence-corrected chi connectivity index (χ1v) is 11.6. The lowest BCUT2D eigenvalue weighted by Gasteiger charge is -2.17. The number of aromatic nitrogens is 3. The van der Waals surface area contributed by atoms with Crippen molar-refractivity contribution in [2.24, 2.45) is 0 Å². The summed E-state index contributed by atoms with van der Waals surface area (Å²) in [7, 11) is -3.11. The van der Waals surface area contributed by atoms with Crippen LogP contribution in [-0.4, -0.2) is 28.2 Å². The number of rotatable bonds is 9. The van der Waals surface area contributed by atoms with Crippen molar-refractivity contribution in [1.29, 1.82) is 0 Å². The molecule has 1 aromatic carbocycles. The van der Waals surface area contributed by atoms with Crippen molar-refractivity contribution in [1.82, 2.24) is 15.0 Å². The maximum atomic E-state index is 12.6. The number of anilines is 2. The largest absolute Gasteiger partial charge is 0.335 e. The Morgan fingerprint density at radius 1 is 1.07 bits per heavy atom. The van der Waals surface area contributed by atoms with Gasteiger partial charge in [0.1, 0.15) is 10.7 Å². The molecule has 0 atom stereocenters. The highest BCUT2D eigenvalue weighted by Gasteiger charge is 2.23. The lowest BCUT2D eigenvalue weighted by molar-refractivity contribution is 0.219. The van der Waals surface area contributed by atoms with E-state index in [1.165, 1.54) is 0 Å². The third-order valence-corrected chi connectivity index (χ3v) is 6.72. The minimum Gasteiger partial charge on any atom is -0.324 e. The number of hydrogen-bond acceptors (Lipinski definition) is 8. The number of hydrogen-bond donors (Lipinski definition) is 1. The predicted molar refractivity (Wildman–Crippen MR) is 112 cm³/mol. The average Bonchev–Trinajstić information content (AvgIpc) is 3.10. The van der Waals surface area contributed by atoms with Gasteiger partial charge in [-0.2, -0.15) is 0 Å². The molecule has 0 amide bonds. The molecule has 0 aliphatic carbocycles. The van der Waals surface area contributed by atoms with Crippen LogP contribution in [0.5, 0.6) is 0 Å². The van der Waals surface area contributed by atoms with Crippen LogP contribution >= 0.6 is 18.9 Å². The summed E-state index contributed by atoms with van der Waals surface area (Å²) in [5.74, 6) is 0.493. The van der Waals surface area contributed by atoms with Crippen LogP contribution < -0.4 is 5.32 Å². The Morgan fingerprint density at radius 3 is 2.39 bits per heavy atom. The number of thiazole rings is 1. The predicted octanol–water partition coefficient (Wildman–Crippen LogP) is 5.42. The Bertz CT molecular complexity index is 952. The van der Waals surface area contributed by atoms with E-state index in [1.54, 1.807) is 31.4 Å². The second-order valence-corrected chi connectivity index (χ2v) is 9.26. The Morgan fingerprint density at radius 2 is 1.79 bits per heavy atom. The van der Waals surface area contributed by atoms with E-state index in [-0.39, 0.29) is 6.16 Å². The molecule has 3 aromatic rings. The highest BCUT2D eigenvalue weighted by Crippen LogP contribution is 2.51. The molecule has 0 aliphatic rings. The molecule has 0 spiro atoms. The van der Waals surface area contributed by atoms with Crippen molar-refractivity contribution in [2.45, 2.75) is 26.9 Å². The van der Waals surface area contributed by atoms with Gasteiger partial charge in [-0.25, -0.2) is 15.0 Å². The van der Waals surface area contributed by atoms with Crippen molar-refractivity contribution >= 4 is 30.6 Å². The monoisotopic (exact) mass is 418 g/mol. The van der Waals surface area contributed by atoms with E-state index in [0.29, 0.717) is 19.2 Å². The van der Waals surface area contributed by atoms with Crippen LogP contribution in [0.25, 0.3) is 10.7 Å². The molecule has 9 heteroatoms. The van der Waals surface area contributed by atoms with Gasteiger partial charge in [0.2, 0.25) is 5.95 Å². The molecule has 0 bridgehead atoms. The molecule has 2 aromatic heterocycles. The van der Waals surface area contributed by atoms with Crippen LogP contribution in [0.15, 0.2) is 42.7 Å². The molecule has 0 radical (unpaired) electrons. The van der Waals surface area contributed by atoms with Gasteiger partial charge in [0.15, 0.2) is 0 Å². The summed E-state index contributed by atoms with van der Waals surface area (Å²) in [5.41, 5.74) is 2.49. The summed E-state index contributed by atoms with van der Waals surface area (Å²) < 4.78 is 23.3. The van der Waals surface area contributed by atoms with Crippen LogP contribution in [0.3, 0.4) is 0 Å². The van der Waals surface area contributed by atoms with Crippen LogP contribution in [0.1, 0.15) is 24.3 Å². The van der Waals surface area contributed by atoms with Gasteiger partial charge >= 0.3 is 7.60 Å². The van der Waals surface area contributed by atoms with Crippen molar-refractivity contribution in [3.05, 3.63) is 53.2 Å². The molecular formula is C19H23N4O3PS. The van der Waals surface area contributed by atoms with Gasteiger partial charge in [-0.05, 0) is 44.5 Å². The minimum atomic E-state index is -3.11. The summed E-state index contributed by atoms with van der Waals surface area (Å²) in [6, 6.07) is 9.40. The Kier molecular flexibility index (Phi) is 6.91. The molecule has 1 N–H and O–H groups in total. The SMILES string of the molecule is CCOP(=O)(Cc1ccc(Nc2nccc(-c3ncc(C)s3)n2)cc1)OCC. The number of aryl methyl sites for hydroxylation is 1. The first-order chi connectivity index (χ1) is 13.5. The standard InChI is InChI=1S/C19H23N4O3PS/c1-4-25-27(24,26-5-2)13-15-6-8-16(9-7-15)22-19-20-11-10-17(23-19)18-21-12-14(3)28-18/h6-12H,4-5,13H2,1-3H3,(H,20,22,23). The van der Waals surface area contributed by atoms with Crippen molar-refractivity contribution in [3.63, 3.8) is 0 Å². The third-order valence-electron chi connectivity index (χ3n) is 3.73. The average molecular weight is 418 g/mol. The zero-order valence-electron chi connectivity index (χ0n) is 16.1. The van der Waals surface area contributed by atoms with Crippen LogP contribution in [0.2, 0.25) is 0 Å². The van der Waals surface area contributed by atoms with Crippen molar-refractivity contribution < 1.29 is 13.6 Å². The number of nitrogens with one attached hydrogen (secondary N) is 1. The highest BCUT2D eigenvalue weighted by atomic mass is 32.1. The van der Waals surface area contributed by atoms with Crippen molar-refractivity contribution in [3.8, 4) is 10.7 Å². The molecule has 2 heterocycles. The fourth-order valence-electron chi connectivity index (χ4n) is 2.58. The Balaban J connectivity index is 1.70. The second kappa shape index (κ2) is 9.39. The Hall–Kier alpha value is -2.12. The second-order valence-electron chi connectivity index (χ2n) is 5.97. The van der Waals surface area contributed by atoms with E-state index in [9.17, 15) is 4.57 Å². The molecule has 3 rings (SSSR count). The lowest BCUT2D eigenvalue weighted by atomic mass is 10.2. The van der Waals surface area contributed by atoms with E-state index >= 15 is 0 Å². The van der Waals surface area contributed by atoms with E-state index in [4.69, 9.17) is 9.05 Å². The highest BCUT2D eigenvalue weighted by molar-refractivity contribution is 7.53. The molecule has 0 fully saturated rings. The third kappa shape index (κ3) is 5.45. The van der Waals surface area contributed by atoms with Gasteiger partial charge in [-0.15, -0.1) is 11.3 Å². The molecule has 0 unspecified atom stereocenters. The van der Waals surface area contributed by atoms with Gasteiger partial charge in [-0.3, -0.25) is 4.57 Å². The lowest BCUT2D eigenvalue weighted by Crippen LogP contribution is -2.00. The summed E-state index contributed by atoms with van der Waals surface area (Å²) in [4.78, 5) is 14.3. The first kappa shape index (κ1) is 20.6. The molecular weight excluding hydrogens is 395 g/mol. The van der Waals surface area contributed by atoms with E-state index in [2.05, 4.69) is 20.3 Å². The molecule has 28 heavy (non-hydrogen) atoms. The van der Waals surface area contributed by atoms with Gasteiger partial charge in [0.05, 0.1) is 19.4 Å². The van der Waals surface area contributed by atoms with E-state index in [0.717, 1.165) is 26.8 Å². The first-order valence-electron chi connectivity index (χ1n) is 9.01. The van der Waals surface area contributed by atoms with E-state index in [1.807, 2.05) is 43.5 Å². The van der Waals surface area contributed by atoms with Crippen LogP contribution in [0.4, 0.5) is 11.6 Å². The summed E-state index contributed by atoms with van der Waals surface area (Å²) in [6.45, 7) is 6.32.